The number of carbonyl (C=O) groups is 1. The van der Waals surface area contributed by atoms with Crippen molar-refractivity contribution in [2.45, 2.75) is 19.5 Å². The number of aromatic nitrogens is 1. The number of nitrogens with one attached hydrogen (secondary N) is 1. The van der Waals surface area contributed by atoms with Gasteiger partial charge < -0.3 is 16.0 Å². The number of hydrogen-bond donors (Lipinski definition) is 2. The van der Waals surface area contributed by atoms with E-state index in [-0.39, 0.29) is 30.7 Å². The monoisotopic (exact) mass is 390 g/mol. The highest BCUT2D eigenvalue weighted by Gasteiger charge is 2.10. The highest BCUT2D eigenvalue weighted by atomic mass is 35.5. The number of nitrogens with zero attached hydrogens (tertiary/aromatic N) is 2. The number of nitrogens with two attached hydrogens (primary N) is 1. The molecule has 0 saturated heterocycles. The lowest BCUT2D eigenvalue weighted by Crippen LogP contribution is -2.23. The van der Waals surface area contributed by atoms with Crippen LogP contribution in [0, 0.1) is 0 Å². The second kappa shape index (κ2) is 11.4. The van der Waals surface area contributed by atoms with E-state index in [4.69, 9.17) is 5.73 Å². The number of amides is 1. The van der Waals surface area contributed by atoms with Crippen molar-refractivity contribution in [1.29, 1.82) is 0 Å². The first-order valence-electron chi connectivity index (χ1n) is 7.23. The summed E-state index contributed by atoms with van der Waals surface area (Å²) in [5, 5.41) is 5.60. The lowest BCUT2D eigenvalue weighted by atomic mass is 10.1. The summed E-state index contributed by atoms with van der Waals surface area (Å²) in [6.07, 6.45) is 0.713. The summed E-state index contributed by atoms with van der Waals surface area (Å²) in [6, 6.07) is 8.23. The predicted octanol–water partition coefficient (Wildman–Crippen LogP) is 2.48. The third kappa shape index (κ3) is 7.15. The largest absolute Gasteiger partial charge is 0.347 e. The molecule has 0 atom stereocenters. The minimum absolute atomic E-state index is 0. The molecule has 0 bridgehead atoms. The fourth-order valence-corrected chi connectivity index (χ4v) is 2.92. The molecule has 0 saturated carbocycles. The highest BCUT2D eigenvalue weighted by Crippen LogP contribution is 2.11. The zero-order chi connectivity index (χ0) is 15.9. The van der Waals surface area contributed by atoms with Crippen LogP contribution in [0.4, 0.5) is 0 Å². The molecular formula is C16H24Cl2N4OS. The first kappa shape index (κ1) is 22.8. The number of rotatable bonds is 7. The van der Waals surface area contributed by atoms with Gasteiger partial charge in [0.1, 0.15) is 5.69 Å². The number of hydrogen-bond acceptors (Lipinski definition) is 5. The molecular weight excluding hydrogens is 367 g/mol. The van der Waals surface area contributed by atoms with Crippen LogP contribution < -0.4 is 11.1 Å². The van der Waals surface area contributed by atoms with Crippen molar-refractivity contribution < 1.29 is 4.79 Å². The molecule has 2 aromatic rings. The molecule has 134 valence electrons. The first-order chi connectivity index (χ1) is 10.6. The molecule has 1 amide bonds. The minimum atomic E-state index is -0.141. The topological polar surface area (TPSA) is 71.2 Å². The average molecular weight is 391 g/mol. The minimum Gasteiger partial charge on any atom is -0.347 e. The molecule has 5 nitrogen and oxygen atoms in total. The Hall–Kier alpha value is -1.18. The van der Waals surface area contributed by atoms with Crippen LogP contribution in [0.2, 0.25) is 0 Å². The Morgan fingerprint density at radius 1 is 1.29 bits per heavy atom. The van der Waals surface area contributed by atoms with Crippen LogP contribution in [0.3, 0.4) is 0 Å². The smallest absolute Gasteiger partial charge is 0.271 e. The van der Waals surface area contributed by atoms with E-state index in [0.717, 1.165) is 17.1 Å². The molecule has 24 heavy (non-hydrogen) atoms. The van der Waals surface area contributed by atoms with E-state index in [1.807, 2.05) is 26.2 Å². The standard InChI is InChI=1S/C16H22N4OS.2ClH/c1-20(2)10-13-5-3-4-12(8-13)9-18-16(21)14-11-22-15(19-14)6-7-17;;/h3-5,8,11H,6-7,9-10,17H2,1-2H3,(H,18,21);2*1H. The van der Waals surface area contributed by atoms with Gasteiger partial charge in [-0.15, -0.1) is 36.2 Å². The molecule has 0 aliphatic rings. The van der Waals surface area contributed by atoms with Crippen LogP contribution in [0.5, 0.6) is 0 Å². The van der Waals surface area contributed by atoms with Crippen molar-refractivity contribution in [1.82, 2.24) is 15.2 Å². The Kier molecular flexibility index (Phi) is 10.8. The maximum Gasteiger partial charge on any atom is 0.271 e. The lowest BCUT2D eigenvalue weighted by Gasteiger charge is -2.11. The van der Waals surface area contributed by atoms with Crippen molar-refractivity contribution in [3.05, 3.63) is 51.5 Å². The Morgan fingerprint density at radius 3 is 2.67 bits per heavy atom. The molecule has 1 aromatic heterocycles. The van der Waals surface area contributed by atoms with E-state index >= 15 is 0 Å². The highest BCUT2D eigenvalue weighted by molar-refractivity contribution is 7.09. The summed E-state index contributed by atoms with van der Waals surface area (Å²) in [7, 11) is 4.07. The number of carbonyl (C=O) groups excluding carboxylic acids is 1. The van der Waals surface area contributed by atoms with Gasteiger partial charge in [0.25, 0.3) is 5.91 Å². The SMILES string of the molecule is CN(C)Cc1cccc(CNC(=O)c2csc(CCN)n2)c1.Cl.Cl. The summed E-state index contributed by atoms with van der Waals surface area (Å²) in [4.78, 5) is 18.5. The number of benzene rings is 1. The van der Waals surface area contributed by atoms with Crippen LogP contribution in [-0.4, -0.2) is 36.4 Å². The summed E-state index contributed by atoms with van der Waals surface area (Å²) >= 11 is 1.48. The van der Waals surface area contributed by atoms with Crippen LogP contribution in [0.25, 0.3) is 0 Å². The molecule has 3 N–H and O–H groups in total. The Bertz CT molecular complexity index is 634. The van der Waals surface area contributed by atoms with E-state index in [1.165, 1.54) is 16.9 Å². The molecule has 2 rings (SSSR count). The summed E-state index contributed by atoms with van der Waals surface area (Å²) in [5.74, 6) is -0.141. The third-order valence-electron chi connectivity index (χ3n) is 3.09. The maximum absolute atomic E-state index is 12.1. The van der Waals surface area contributed by atoms with E-state index < -0.39 is 0 Å². The fraction of sp³-hybridized carbons (Fsp3) is 0.375. The number of thiazole rings is 1. The van der Waals surface area contributed by atoms with Gasteiger partial charge in [0.2, 0.25) is 0 Å². The Balaban J connectivity index is 0.00000264. The van der Waals surface area contributed by atoms with Gasteiger partial charge in [-0.05, 0) is 31.8 Å². The second-order valence-corrected chi connectivity index (χ2v) is 6.35. The van der Waals surface area contributed by atoms with Crippen molar-refractivity contribution in [3.63, 3.8) is 0 Å². The van der Waals surface area contributed by atoms with Gasteiger partial charge in [-0.2, -0.15) is 0 Å². The van der Waals surface area contributed by atoms with Crippen molar-refractivity contribution in [2.24, 2.45) is 5.73 Å². The van der Waals surface area contributed by atoms with Gasteiger partial charge in [0, 0.05) is 24.9 Å². The van der Waals surface area contributed by atoms with Gasteiger partial charge in [0.15, 0.2) is 0 Å². The van der Waals surface area contributed by atoms with E-state index in [0.29, 0.717) is 25.2 Å². The van der Waals surface area contributed by atoms with Crippen LogP contribution in [0.1, 0.15) is 26.6 Å². The molecule has 1 aromatic carbocycles. The zero-order valence-corrected chi connectivity index (χ0v) is 16.3. The third-order valence-corrected chi connectivity index (χ3v) is 3.99. The van der Waals surface area contributed by atoms with Crippen molar-refractivity contribution in [2.75, 3.05) is 20.6 Å². The molecule has 1 heterocycles. The van der Waals surface area contributed by atoms with Crippen molar-refractivity contribution in [3.8, 4) is 0 Å². The van der Waals surface area contributed by atoms with E-state index in [9.17, 15) is 4.79 Å². The van der Waals surface area contributed by atoms with E-state index in [2.05, 4.69) is 27.3 Å². The lowest BCUT2D eigenvalue weighted by molar-refractivity contribution is 0.0946. The Labute approximate surface area is 159 Å². The maximum atomic E-state index is 12.1. The summed E-state index contributed by atoms with van der Waals surface area (Å²) in [6.45, 7) is 1.94. The second-order valence-electron chi connectivity index (χ2n) is 5.41. The van der Waals surface area contributed by atoms with Gasteiger partial charge in [-0.25, -0.2) is 4.98 Å². The Morgan fingerprint density at radius 2 is 2.00 bits per heavy atom. The fourth-order valence-electron chi connectivity index (χ4n) is 2.13. The molecule has 0 spiro atoms. The molecule has 8 heteroatoms. The molecule has 0 aliphatic heterocycles. The summed E-state index contributed by atoms with van der Waals surface area (Å²) in [5.41, 5.74) is 8.28. The normalized spacial score (nSPS) is 10.0. The average Bonchev–Trinajstić information content (AvgIpc) is 2.94. The van der Waals surface area contributed by atoms with Crippen LogP contribution in [0.15, 0.2) is 29.6 Å². The van der Waals surface area contributed by atoms with Crippen LogP contribution in [-0.2, 0) is 19.5 Å². The van der Waals surface area contributed by atoms with Crippen LogP contribution >= 0.6 is 36.2 Å². The summed E-state index contributed by atoms with van der Waals surface area (Å²) < 4.78 is 0. The predicted molar refractivity (Wildman–Crippen MR) is 104 cm³/mol. The molecule has 0 aliphatic carbocycles. The van der Waals surface area contributed by atoms with Gasteiger partial charge >= 0.3 is 0 Å². The quantitative estimate of drug-likeness (QED) is 0.761. The van der Waals surface area contributed by atoms with Gasteiger partial charge in [-0.1, -0.05) is 24.3 Å². The van der Waals surface area contributed by atoms with Crippen molar-refractivity contribution >= 4 is 42.1 Å². The molecule has 0 radical (unpaired) electrons. The van der Waals surface area contributed by atoms with Gasteiger partial charge in [-0.3, -0.25) is 4.79 Å². The zero-order valence-electron chi connectivity index (χ0n) is 13.8. The molecule has 0 unspecified atom stereocenters. The van der Waals surface area contributed by atoms with E-state index in [1.54, 1.807) is 5.38 Å². The van der Waals surface area contributed by atoms with Gasteiger partial charge in [0.05, 0.1) is 5.01 Å². The number of halogens is 2. The first-order valence-corrected chi connectivity index (χ1v) is 8.11. The molecule has 0 fully saturated rings.